The van der Waals surface area contributed by atoms with E-state index in [1.165, 1.54) is 0 Å². The summed E-state index contributed by atoms with van der Waals surface area (Å²) in [5, 5.41) is 0. The van der Waals surface area contributed by atoms with Crippen molar-refractivity contribution in [3.05, 3.63) is 65.7 Å². The van der Waals surface area contributed by atoms with Gasteiger partial charge in [0.25, 0.3) is 0 Å². The molecule has 0 bridgehead atoms. The first-order valence-electron chi connectivity index (χ1n) is 6.33. The molecule has 0 spiro atoms. The maximum atomic E-state index is 12.3. The topological polar surface area (TPSA) is 34.1 Å². The molecule has 0 N–H and O–H groups in total. The third-order valence-corrected chi connectivity index (χ3v) is 5.15. The number of benzene rings is 2. The number of rotatable bonds is 4. The molecule has 2 rings (SSSR count). The van der Waals surface area contributed by atoms with Crippen LogP contribution in [0.1, 0.15) is 24.0 Å². The van der Waals surface area contributed by atoms with Crippen LogP contribution in [0.15, 0.2) is 59.5 Å². The largest absolute Gasteiger partial charge is 0.224 e. The van der Waals surface area contributed by atoms with E-state index in [1.54, 1.807) is 12.1 Å². The van der Waals surface area contributed by atoms with Gasteiger partial charge < -0.3 is 0 Å². The molecule has 19 heavy (non-hydrogen) atoms. The highest BCUT2D eigenvalue weighted by Gasteiger charge is 2.19. The third kappa shape index (κ3) is 3.44. The van der Waals surface area contributed by atoms with Gasteiger partial charge in [0.2, 0.25) is 0 Å². The van der Waals surface area contributed by atoms with E-state index in [0.29, 0.717) is 4.90 Å². The predicted molar refractivity (Wildman–Crippen MR) is 78.1 cm³/mol. The number of hydrogen-bond acceptors (Lipinski definition) is 2. The Kier molecular flexibility index (Phi) is 4.05. The van der Waals surface area contributed by atoms with Gasteiger partial charge in [0.1, 0.15) is 0 Å². The summed E-state index contributed by atoms with van der Waals surface area (Å²) >= 11 is 0. The van der Waals surface area contributed by atoms with E-state index in [0.717, 1.165) is 11.1 Å². The minimum atomic E-state index is -3.22. The highest BCUT2D eigenvalue weighted by atomic mass is 32.2. The van der Waals surface area contributed by atoms with Crippen molar-refractivity contribution < 1.29 is 8.42 Å². The van der Waals surface area contributed by atoms with Gasteiger partial charge in [-0.1, -0.05) is 55.0 Å². The van der Waals surface area contributed by atoms with Crippen LogP contribution >= 0.6 is 0 Å². The third-order valence-electron chi connectivity index (χ3n) is 3.22. The second-order valence-electron chi connectivity index (χ2n) is 4.91. The molecule has 0 aliphatic heterocycles. The van der Waals surface area contributed by atoms with E-state index in [-0.39, 0.29) is 11.7 Å². The minimum Gasteiger partial charge on any atom is -0.224 e. The second-order valence-corrected chi connectivity index (χ2v) is 6.94. The molecular formula is C16H18O2S. The molecule has 0 aliphatic carbocycles. The summed E-state index contributed by atoms with van der Waals surface area (Å²) in [6.45, 7) is 3.89. The normalized spacial score (nSPS) is 13.2. The number of hydrogen-bond donors (Lipinski definition) is 0. The average molecular weight is 274 g/mol. The van der Waals surface area contributed by atoms with Gasteiger partial charge in [0.15, 0.2) is 9.84 Å². The van der Waals surface area contributed by atoms with Crippen molar-refractivity contribution in [2.75, 3.05) is 5.75 Å². The van der Waals surface area contributed by atoms with Gasteiger partial charge in [-0.2, -0.15) is 0 Å². The van der Waals surface area contributed by atoms with Gasteiger partial charge in [-0.15, -0.1) is 0 Å². The Hall–Kier alpha value is -1.61. The molecule has 0 saturated heterocycles. The molecule has 2 nitrogen and oxygen atoms in total. The zero-order chi connectivity index (χ0) is 13.9. The quantitative estimate of drug-likeness (QED) is 0.854. The fourth-order valence-electron chi connectivity index (χ4n) is 2.05. The molecule has 1 atom stereocenters. The Balaban J connectivity index is 2.20. The van der Waals surface area contributed by atoms with Crippen molar-refractivity contribution in [2.45, 2.75) is 24.7 Å². The Bertz CT molecular complexity index is 628. The van der Waals surface area contributed by atoms with Crippen molar-refractivity contribution in [1.29, 1.82) is 0 Å². The van der Waals surface area contributed by atoms with Crippen LogP contribution in [0, 0.1) is 6.92 Å². The van der Waals surface area contributed by atoms with Gasteiger partial charge >= 0.3 is 0 Å². The summed E-state index contributed by atoms with van der Waals surface area (Å²) in [6, 6.07) is 16.8. The monoisotopic (exact) mass is 274 g/mol. The van der Waals surface area contributed by atoms with E-state index in [1.807, 2.05) is 56.3 Å². The van der Waals surface area contributed by atoms with E-state index < -0.39 is 9.84 Å². The average Bonchev–Trinajstić information content (AvgIpc) is 2.40. The van der Waals surface area contributed by atoms with E-state index >= 15 is 0 Å². The van der Waals surface area contributed by atoms with Crippen LogP contribution < -0.4 is 0 Å². The fourth-order valence-corrected chi connectivity index (χ4v) is 3.64. The molecule has 2 aromatic carbocycles. The zero-order valence-electron chi connectivity index (χ0n) is 11.2. The molecule has 0 heterocycles. The minimum absolute atomic E-state index is 0.00694. The van der Waals surface area contributed by atoms with E-state index in [9.17, 15) is 8.42 Å². The first kappa shape index (κ1) is 13.8. The molecular weight excluding hydrogens is 256 g/mol. The summed E-state index contributed by atoms with van der Waals surface area (Å²) in [4.78, 5) is 0.404. The smallest absolute Gasteiger partial charge is 0.178 e. The predicted octanol–water partition coefficient (Wildman–Crippen LogP) is 3.57. The molecule has 3 heteroatoms. The maximum absolute atomic E-state index is 12.3. The Morgan fingerprint density at radius 1 is 0.947 bits per heavy atom. The molecule has 0 radical (unpaired) electrons. The first-order valence-corrected chi connectivity index (χ1v) is 7.98. The van der Waals surface area contributed by atoms with Gasteiger partial charge in [0, 0.05) is 0 Å². The molecule has 0 fully saturated rings. The Morgan fingerprint density at radius 3 is 2.11 bits per heavy atom. The van der Waals surface area contributed by atoms with Crippen LogP contribution in [0.5, 0.6) is 0 Å². The maximum Gasteiger partial charge on any atom is 0.178 e. The van der Waals surface area contributed by atoms with Crippen LogP contribution in [-0.4, -0.2) is 14.2 Å². The lowest BCUT2D eigenvalue weighted by molar-refractivity contribution is 0.590. The van der Waals surface area contributed by atoms with Crippen molar-refractivity contribution in [2.24, 2.45) is 0 Å². The van der Waals surface area contributed by atoms with Crippen molar-refractivity contribution >= 4 is 9.84 Å². The van der Waals surface area contributed by atoms with Crippen molar-refractivity contribution in [3.63, 3.8) is 0 Å². The lowest BCUT2D eigenvalue weighted by Gasteiger charge is -2.12. The van der Waals surface area contributed by atoms with Gasteiger partial charge in [-0.3, -0.25) is 0 Å². The van der Waals surface area contributed by atoms with Crippen molar-refractivity contribution in [1.82, 2.24) is 0 Å². The Labute approximate surface area is 115 Å². The van der Waals surface area contributed by atoms with Crippen molar-refractivity contribution in [3.8, 4) is 0 Å². The summed E-state index contributed by atoms with van der Waals surface area (Å²) in [5.74, 6) is 0.132. The molecule has 0 aromatic heterocycles. The lowest BCUT2D eigenvalue weighted by Crippen LogP contribution is -2.13. The number of sulfone groups is 1. The van der Waals surface area contributed by atoms with Crippen LogP contribution in [0.2, 0.25) is 0 Å². The highest BCUT2D eigenvalue weighted by Crippen LogP contribution is 2.21. The summed E-state index contributed by atoms with van der Waals surface area (Å²) in [5.41, 5.74) is 2.12. The summed E-state index contributed by atoms with van der Waals surface area (Å²) in [6.07, 6.45) is 0. The van der Waals surface area contributed by atoms with Crippen LogP contribution in [0.25, 0.3) is 0 Å². The zero-order valence-corrected chi connectivity index (χ0v) is 12.0. The first-order chi connectivity index (χ1) is 8.99. The van der Waals surface area contributed by atoms with Crippen LogP contribution in [0.4, 0.5) is 0 Å². The van der Waals surface area contributed by atoms with Gasteiger partial charge in [-0.05, 0) is 30.5 Å². The van der Waals surface area contributed by atoms with Crippen LogP contribution in [-0.2, 0) is 9.84 Å². The summed E-state index contributed by atoms with van der Waals surface area (Å²) in [7, 11) is -3.22. The second kappa shape index (κ2) is 5.57. The number of aryl methyl sites for hydroxylation is 1. The van der Waals surface area contributed by atoms with E-state index in [2.05, 4.69) is 0 Å². The van der Waals surface area contributed by atoms with Crippen LogP contribution in [0.3, 0.4) is 0 Å². The van der Waals surface area contributed by atoms with E-state index in [4.69, 9.17) is 0 Å². The standard InChI is InChI=1S/C16H18O2S/c1-13-8-10-16(11-9-13)19(17,18)12-14(2)15-6-4-3-5-7-15/h3-11,14H,12H2,1-2H3. The summed E-state index contributed by atoms with van der Waals surface area (Å²) < 4.78 is 24.7. The molecule has 0 aliphatic rings. The Morgan fingerprint density at radius 2 is 1.53 bits per heavy atom. The molecule has 2 aromatic rings. The SMILES string of the molecule is Cc1ccc(S(=O)(=O)CC(C)c2ccccc2)cc1. The molecule has 0 amide bonds. The fraction of sp³-hybridized carbons (Fsp3) is 0.250. The molecule has 0 saturated carbocycles. The van der Waals surface area contributed by atoms with Gasteiger partial charge in [0.05, 0.1) is 10.6 Å². The molecule has 100 valence electrons. The highest BCUT2D eigenvalue weighted by molar-refractivity contribution is 7.91. The lowest BCUT2D eigenvalue weighted by atomic mass is 10.0. The molecule has 1 unspecified atom stereocenters. The van der Waals surface area contributed by atoms with Gasteiger partial charge in [-0.25, -0.2) is 8.42 Å².